The molecule has 6 atom stereocenters. The Bertz CT molecular complexity index is 1220. The first kappa shape index (κ1) is 20.1. The van der Waals surface area contributed by atoms with E-state index in [4.69, 9.17) is 11.5 Å². The Morgan fingerprint density at radius 1 is 1.00 bits per heavy atom. The number of aliphatic hydroxyl groups is 2. The maximum Gasteiger partial charge on any atom is 0.138 e. The molecule has 3 aromatic rings. The number of halogens is 1. The summed E-state index contributed by atoms with van der Waals surface area (Å²) in [6, 6.07) is 8.14. The van der Waals surface area contributed by atoms with Crippen LogP contribution in [0.1, 0.15) is 29.9 Å². The summed E-state index contributed by atoms with van der Waals surface area (Å²) in [5, 5.41) is 22.9. The van der Waals surface area contributed by atoms with Gasteiger partial charge in [0.1, 0.15) is 29.9 Å². The fourth-order valence-corrected chi connectivity index (χ4v) is 6.15. The summed E-state index contributed by atoms with van der Waals surface area (Å²) < 4.78 is 0.798. The van der Waals surface area contributed by atoms with Gasteiger partial charge in [0.2, 0.25) is 0 Å². The van der Waals surface area contributed by atoms with Crippen molar-refractivity contribution in [3.8, 4) is 0 Å². The third-order valence-electron chi connectivity index (χ3n) is 7.57. The molecule has 3 aliphatic rings. The summed E-state index contributed by atoms with van der Waals surface area (Å²) in [5.41, 5.74) is 15.0. The summed E-state index contributed by atoms with van der Waals surface area (Å²) >= 11 is 3.43. The maximum atomic E-state index is 10.9. The number of benzene rings is 1. The van der Waals surface area contributed by atoms with Crippen LogP contribution in [-0.2, 0) is 6.42 Å². The molecule has 2 saturated carbocycles. The van der Waals surface area contributed by atoms with Gasteiger partial charge in [-0.25, -0.2) is 15.0 Å². The molecule has 8 nitrogen and oxygen atoms in total. The van der Waals surface area contributed by atoms with E-state index in [1.54, 1.807) is 0 Å². The molecule has 0 bridgehead atoms. The van der Waals surface area contributed by atoms with Gasteiger partial charge in [-0.15, -0.1) is 0 Å². The molecule has 1 aliphatic heterocycles. The predicted octanol–water partition coefficient (Wildman–Crippen LogP) is 2.23. The molecule has 6 N–H and O–H groups in total. The van der Waals surface area contributed by atoms with Crippen molar-refractivity contribution in [2.24, 2.45) is 11.8 Å². The van der Waals surface area contributed by atoms with Crippen molar-refractivity contribution >= 4 is 44.3 Å². The number of hydrogen-bond donors (Lipinski definition) is 4. The van der Waals surface area contributed by atoms with Crippen molar-refractivity contribution in [3.05, 3.63) is 46.2 Å². The molecule has 0 amide bonds. The highest BCUT2D eigenvalue weighted by atomic mass is 79.9. The first-order valence-corrected chi connectivity index (χ1v) is 11.8. The predicted molar refractivity (Wildman–Crippen MR) is 126 cm³/mol. The smallest absolute Gasteiger partial charge is 0.138 e. The molecule has 3 heterocycles. The van der Waals surface area contributed by atoms with E-state index in [0.717, 1.165) is 52.6 Å². The summed E-state index contributed by atoms with van der Waals surface area (Å²) in [6.07, 6.45) is 2.42. The summed E-state index contributed by atoms with van der Waals surface area (Å²) in [7, 11) is 0. The lowest BCUT2D eigenvalue weighted by molar-refractivity contribution is 0.00981. The molecular formula is C23H25BrN6O2. The number of aliphatic hydroxyl groups excluding tert-OH is 2. The van der Waals surface area contributed by atoms with Crippen LogP contribution >= 0.6 is 15.9 Å². The van der Waals surface area contributed by atoms with Gasteiger partial charge in [-0.1, -0.05) is 12.1 Å². The van der Waals surface area contributed by atoms with E-state index >= 15 is 0 Å². The first-order chi connectivity index (χ1) is 15.4. The molecular weight excluding hydrogens is 472 g/mol. The van der Waals surface area contributed by atoms with Crippen molar-refractivity contribution in [1.29, 1.82) is 0 Å². The number of aromatic nitrogens is 3. The molecule has 9 heteroatoms. The van der Waals surface area contributed by atoms with E-state index in [1.807, 2.05) is 6.07 Å². The van der Waals surface area contributed by atoms with Gasteiger partial charge in [-0.05, 0) is 70.6 Å². The lowest BCUT2D eigenvalue weighted by atomic mass is 9.95. The van der Waals surface area contributed by atoms with Crippen LogP contribution in [0.15, 0.2) is 35.1 Å². The van der Waals surface area contributed by atoms with Gasteiger partial charge in [0.25, 0.3) is 0 Å². The highest BCUT2D eigenvalue weighted by molar-refractivity contribution is 9.10. The van der Waals surface area contributed by atoms with Crippen LogP contribution in [0.5, 0.6) is 0 Å². The van der Waals surface area contributed by atoms with Crippen LogP contribution in [0.3, 0.4) is 0 Å². The lowest BCUT2D eigenvalue weighted by Crippen LogP contribution is -2.43. The van der Waals surface area contributed by atoms with Crippen LogP contribution in [0.25, 0.3) is 10.9 Å². The minimum absolute atomic E-state index is 0.0434. The number of hydrogen-bond acceptors (Lipinski definition) is 8. The molecule has 166 valence electrons. The Hall–Kier alpha value is -2.49. The molecule has 1 unspecified atom stereocenters. The third-order valence-corrected chi connectivity index (χ3v) is 8.20. The number of pyridine rings is 1. The van der Waals surface area contributed by atoms with E-state index in [2.05, 4.69) is 54.0 Å². The molecule has 0 radical (unpaired) electrons. The van der Waals surface area contributed by atoms with Gasteiger partial charge in [0.05, 0.1) is 22.1 Å². The van der Waals surface area contributed by atoms with Crippen molar-refractivity contribution in [2.75, 3.05) is 22.9 Å². The standard InChI is InChI=1S/C23H25BrN6O2/c24-16-5-11-2-1-10(6-17(11)29-22(16)26)13-7-14(13)15-8-18(20(32)19(15)31)30-4-3-12-21(25)27-9-28-23(12)30/h1-2,5-6,9,13-15,18-20,31-32H,3-4,7-8H2,(H2,26,29)(H2,25,27,28)/t13?,14-,15-,18-,19-,20+/m1/s1. The highest BCUT2D eigenvalue weighted by Gasteiger charge is 2.55. The van der Waals surface area contributed by atoms with E-state index in [-0.39, 0.29) is 12.0 Å². The van der Waals surface area contributed by atoms with Crippen molar-refractivity contribution in [2.45, 2.75) is 43.4 Å². The number of nitrogens with two attached hydrogens (primary N) is 2. The van der Waals surface area contributed by atoms with Crippen LogP contribution in [0.2, 0.25) is 0 Å². The molecule has 2 aromatic heterocycles. The Morgan fingerprint density at radius 3 is 2.69 bits per heavy atom. The molecule has 32 heavy (non-hydrogen) atoms. The number of rotatable bonds is 3. The molecule has 0 spiro atoms. The van der Waals surface area contributed by atoms with Crippen LogP contribution in [0, 0.1) is 11.8 Å². The second-order valence-corrected chi connectivity index (χ2v) is 10.1. The fourth-order valence-electron chi connectivity index (χ4n) is 5.82. The highest BCUT2D eigenvalue weighted by Crippen LogP contribution is 2.57. The largest absolute Gasteiger partial charge is 0.390 e. The number of anilines is 3. The molecule has 2 fully saturated rings. The van der Waals surface area contributed by atoms with E-state index < -0.39 is 12.2 Å². The Balaban J connectivity index is 1.22. The van der Waals surface area contributed by atoms with E-state index in [0.29, 0.717) is 23.5 Å². The average Bonchev–Trinajstić information content (AvgIpc) is 3.36. The summed E-state index contributed by atoms with van der Waals surface area (Å²) in [4.78, 5) is 15.1. The van der Waals surface area contributed by atoms with Crippen molar-refractivity contribution in [3.63, 3.8) is 0 Å². The van der Waals surface area contributed by atoms with Gasteiger partial charge >= 0.3 is 0 Å². The number of nitrogens with zero attached hydrogens (tertiary/aromatic N) is 4. The van der Waals surface area contributed by atoms with Crippen LogP contribution in [-0.4, -0.2) is 50.0 Å². The summed E-state index contributed by atoms with van der Waals surface area (Å²) in [5.74, 6) is 2.53. The van der Waals surface area contributed by atoms with E-state index in [9.17, 15) is 10.2 Å². The minimum Gasteiger partial charge on any atom is -0.390 e. The summed E-state index contributed by atoms with van der Waals surface area (Å²) in [6.45, 7) is 0.737. The third kappa shape index (κ3) is 3.06. The molecule has 0 saturated heterocycles. The zero-order valence-electron chi connectivity index (χ0n) is 17.4. The quantitative estimate of drug-likeness (QED) is 0.433. The number of nitrogen functional groups attached to an aromatic ring is 2. The zero-order valence-corrected chi connectivity index (χ0v) is 19.0. The van der Waals surface area contributed by atoms with Crippen molar-refractivity contribution < 1.29 is 10.2 Å². The lowest BCUT2D eigenvalue weighted by Gasteiger charge is -2.28. The van der Waals surface area contributed by atoms with Gasteiger partial charge in [-0.3, -0.25) is 0 Å². The second kappa shape index (κ2) is 7.26. The molecule has 6 rings (SSSR count). The van der Waals surface area contributed by atoms with Crippen LogP contribution in [0.4, 0.5) is 17.5 Å². The molecule has 1 aromatic carbocycles. The van der Waals surface area contributed by atoms with Crippen LogP contribution < -0.4 is 16.4 Å². The Morgan fingerprint density at radius 2 is 1.84 bits per heavy atom. The first-order valence-electron chi connectivity index (χ1n) is 11.0. The molecule has 2 aliphatic carbocycles. The van der Waals surface area contributed by atoms with Crippen molar-refractivity contribution in [1.82, 2.24) is 15.0 Å². The average molecular weight is 497 g/mol. The zero-order chi connectivity index (χ0) is 22.1. The monoisotopic (exact) mass is 496 g/mol. The van der Waals surface area contributed by atoms with Gasteiger partial charge in [-0.2, -0.15) is 0 Å². The van der Waals surface area contributed by atoms with Gasteiger partial charge in [0.15, 0.2) is 0 Å². The topological polar surface area (TPSA) is 134 Å². The number of fused-ring (bicyclic) bond motifs is 2. The second-order valence-electron chi connectivity index (χ2n) is 9.27. The fraction of sp³-hybridized carbons (Fsp3) is 0.435. The normalized spacial score (nSPS) is 31.3. The Kier molecular flexibility index (Phi) is 4.57. The van der Waals surface area contributed by atoms with Gasteiger partial charge in [0, 0.05) is 17.5 Å². The SMILES string of the molecule is Nc1nc2cc(C3C[C@H]3[C@H]3C[C@@H](N4CCc5c(N)ncnc54)[C@H](O)[C@@H]3O)ccc2cc1Br. The minimum atomic E-state index is -0.807. The maximum absolute atomic E-state index is 10.9. The Labute approximate surface area is 193 Å². The van der Waals surface area contributed by atoms with Gasteiger partial charge < -0.3 is 26.6 Å². The van der Waals surface area contributed by atoms with E-state index in [1.165, 1.54) is 11.9 Å².